The third kappa shape index (κ3) is 4.54. The Bertz CT molecular complexity index is 553. The number of carbonyl (C=O) groups is 3. The van der Waals surface area contributed by atoms with E-state index in [1.807, 2.05) is 6.08 Å². The molecule has 140 valence electrons. The van der Waals surface area contributed by atoms with Crippen LogP contribution in [0, 0.1) is 11.8 Å². The van der Waals surface area contributed by atoms with Gasteiger partial charge in [0.25, 0.3) is 0 Å². The van der Waals surface area contributed by atoms with E-state index in [1.165, 1.54) is 0 Å². The van der Waals surface area contributed by atoms with Crippen LogP contribution in [0.4, 0.5) is 0 Å². The largest absolute Gasteiger partial charge is 0.479 e. The van der Waals surface area contributed by atoms with E-state index < -0.39 is 17.4 Å². The zero-order chi connectivity index (χ0) is 18.6. The Balaban J connectivity index is 1.92. The lowest BCUT2D eigenvalue weighted by atomic mass is 9.93. The van der Waals surface area contributed by atoms with Gasteiger partial charge in [0.1, 0.15) is 0 Å². The first-order chi connectivity index (χ1) is 11.8. The third-order valence-corrected chi connectivity index (χ3v) is 6.81. The minimum atomic E-state index is -1.13. The van der Waals surface area contributed by atoms with E-state index in [0.717, 1.165) is 25.7 Å². The van der Waals surface area contributed by atoms with Crippen molar-refractivity contribution < 1.29 is 19.5 Å². The molecule has 0 aromatic carbocycles. The number of carboxylic acids is 1. The monoisotopic (exact) mass is 462 g/mol. The number of aliphatic carboxylic acids is 1. The number of unbranched alkanes of at least 4 members (excludes halogenated alkanes) is 2. The smallest absolute Gasteiger partial charge is 0.330 e. The second kappa shape index (κ2) is 8.51. The van der Waals surface area contributed by atoms with E-state index in [4.69, 9.17) is 0 Å². The van der Waals surface area contributed by atoms with Crippen LogP contribution in [0.25, 0.3) is 0 Å². The zero-order valence-corrected chi connectivity index (χ0v) is 16.8. The molecule has 2 aliphatic carbocycles. The first-order valence-corrected chi connectivity index (χ1v) is 10.1. The molecule has 0 spiro atoms. The predicted molar refractivity (Wildman–Crippen MR) is 103 cm³/mol. The van der Waals surface area contributed by atoms with Crippen LogP contribution >= 0.6 is 22.6 Å². The normalized spacial score (nSPS) is 30.6. The van der Waals surface area contributed by atoms with Crippen LogP contribution in [0.2, 0.25) is 0 Å². The van der Waals surface area contributed by atoms with E-state index in [9.17, 15) is 19.5 Å². The van der Waals surface area contributed by atoms with Gasteiger partial charge in [-0.15, -0.1) is 6.58 Å². The summed E-state index contributed by atoms with van der Waals surface area (Å²) in [6.45, 7) is 4.36. The summed E-state index contributed by atoms with van der Waals surface area (Å²) in [4.78, 5) is 38.5. The highest BCUT2D eigenvalue weighted by Gasteiger charge is 2.61. The molecule has 7 heteroatoms. The van der Waals surface area contributed by atoms with Crippen LogP contribution in [0.5, 0.6) is 0 Å². The summed E-state index contributed by atoms with van der Waals surface area (Å²) in [6, 6.07) is 0. The molecule has 2 rings (SSSR count). The number of allylic oxidation sites excluding steroid dienone is 1. The van der Waals surface area contributed by atoms with Gasteiger partial charge in [-0.25, -0.2) is 4.79 Å². The van der Waals surface area contributed by atoms with Crippen LogP contribution in [0.3, 0.4) is 0 Å². The van der Waals surface area contributed by atoms with E-state index in [-0.39, 0.29) is 21.7 Å². The zero-order valence-electron chi connectivity index (χ0n) is 14.7. The van der Waals surface area contributed by atoms with Gasteiger partial charge in [0, 0.05) is 29.4 Å². The quantitative estimate of drug-likeness (QED) is 0.239. The SMILES string of the molecule is C=CCCCCN(C)C(=O)[C@@H]1CCC[C@H]1C(=O)N[C@]1(C(=O)O)C[C@H]1I. The molecular formula is C18H27IN2O4. The molecule has 25 heavy (non-hydrogen) atoms. The Kier molecular flexibility index (Phi) is 6.87. The summed E-state index contributed by atoms with van der Waals surface area (Å²) in [7, 11) is 1.78. The molecule has 0 heterocycles. The standard InChI is InChI=1S/C18H27IN2O4/c1-3-4-5-6-10-21(2)16(23)13-9-7-8-12(13)15(22)20-18(17(24)25)11-14(18)19/h3,12-14H,1,4-11H2,2H3,(H,20,22)(H,24,25)/t12-,13-,14-,18-/m1/s1. The van der Waals surface area contributed by atoms with Gasteiger partial charge in [-0.05, 0) is 38.5 Å². The molecule has 4 atom stereocenters. The summed E-state index contributed by atoms with van der Waals surface area (Å²) >= 11 is 2.05. The Labute approximate surface area is 162 Å². The lowest BCUT2D eigenvalue weighted by molar-refractivity contribution is -0.145. The van der Waals surface area contributed by atoms with E-state index in [2.05, 4.69) is 34.5 Å². The second-order valence-electron chi connectivity index (χ2n) is 7.13. The van der Waals surface area contributed by atoms with Gasteiger partial charge in [-0.1, -0.05) is 35.1 Å². The van der Waals surface area contributed by atoms with Crippen molar-refractivity contribution in [1.82, 2.24) is 10.2 Å². The van der Waals surface area contributed by atoms with Gasteiger partial charge in [-0.3, -0.25) is 9.59 Å². The number of carboxylic acid groups (broad SMARTS) is 1. The molecule has 0 aromatic rings. The molecule has 0 aliphatic heterocycles. The first-order valence-electron chi connectivity index (χ1n) is 8.89. The van der Waals surface area contributed by atoms with Crippen LogP contribution in [-0.2, 0) is 14.4 Å². The van der Waals surface area contributed by atoms with Crippen molar-refractivity contribution in [3.63, 3.8) is 0 Å². The van der Waals surface area contributed by atoms with E-state index in [1.54, 1.807) is 11.9 Å². The Hall–Kier alpha value is -1.12. The molecule has 2 fully saturated rings. The highest BCUT2D eigenvalue weighted by Crippen LogP contribution is 2.44. The summed E-state index contributed by atoms with van der Waals surface area (Å²) in [5.74, 6) is -2.01. The molecule has 2 aliphatic rings. The Morgan fingerprint density at radius 2 is 1.96 bits per heavy atom. The van der Waals surface area contributed by atoms with E-state index >= 15 is 0 Å². The summed E-state index contributed by atoms with van der Waals surface area (Å²) in [5.41, 5.74) is -1.13. The van der Waals surface area contributed by atoms with Crippen LogP contribution in [0.1, 0.15) is 44.9 Å². The Morgan fingerprint density at radius 1 is 1.32 bits per heavy atom. The van der Waals surface area contributed by atoms with Crippen molar-refractivity contribution >= 4 is 40.4 Å². The second-order valence-corrected chi connectivity index (χ2v) is 8.63. The van der Waals surface area contributed by atoms with Gasteiger partial charge >= 0.3 is 5.97 Å². The number of carbonyl (C=O) groups excluding carboxylic acids is 2. The molecular weight excluding hydrogens is 435 g/mol. The van der Waals surface area contributed by atoms with Crippen molar-refractivity contribution in [1.29, 1.82) is 0 Å². The van der Waals surface area contributed by atoms with Crippen molar-refractivity contribution in [2.24, 2.45) is 11.8 Å². The Morgan fingerprint density at radius 3 is 2.52 bits per heavy atom. The molecule has 6 nitrogen and oxygen atoms in total. The minimum absolute atomic E-state index is 0.00227. The van der Waals surface area contributed by atoms with Crippen LogP contribution in [0.15, 0.2) is 12.7 Å². The topological polar surface area (TPSA) is 86.7 Å². The number of nitrogens with one attached hydrogen (secondary N) is 1. The minimum Gasteiger partial charge on any atom is -0.479 e. The summed E-state index contributed by atoms with van der Waals surface area (Å²) in [6.07, 6.45) is 7.33. The summed E-state index contributed by atoms with van der Waals surface area (Å²) < 4.78 is -0.0883. The number of nitrogens with zero attached hydrogens (tertiary/aromatic N) is 1. The fraction of sp³-hybridized carbons (Fsp3) is 0.722. The van der Waals surface area contributed by atoms with Crippen molar-refractivity contribution in [2.45, 2.75) is 54.4 Å². The third-order valence-electron chi connectivity index (χ3n) is 5.30. The molecule has 0 bridgehead atoms. The van der Waals surface area contributed by atoms with Crippen molar-refractivity contribution in [3.05, 3.63) is 12.7 Å². The average Bonchev–Trinajstić information content (AvgIpc) is 3.00. The maximum atomic E-state index is 12.7. The van der Waals surface area contributed by atoms with Gasteiger partial charge in [0.15, 0.2) is 5.54 Å². The van der Waals surface area contributed by atoms with Gasteiger partial charge in [0.05, 0.1) is 0 Å². The van der Waals surface area contributed by atoms with Crippen LogP contribution in [-0.4, -0.2) is 50.8 Å². The lowest BCUT2D eigenvalue weighted by Crippen LogP contribution is -2.49. The molecule has 2 saturated carbocycles. The van der Waals surface area contributed by atoms with E-state index in [0.29, 0.717) is 25.8 Å². The number of hydrogen-bond acceptors (Lipinski definition) is 3. The molecule has 0 saturated heterocycles. The molecule has 0 radical (unpaired) electrons. The number of amides is 2. The maximum absolute atomic E-state index is 12.7. The molecule has 2 amide bonds. The lowest BCUT2D eigenvalue weighted by Gasteiger charge is -2.26. The van der Waals surface area contributed by atoms with Crippen LogP contribution < -0.4 is 5.32 Å². The van der Waals surface area contributed by atoms with Gasteiger partial charge < -0.3 is 15.3 Å². The van der Waals surface area contributed by atoms with Crippen molar-refractivity contribution in [3.8, 4) is 0 Å². The molecule has 0 unspecified atom stereocenters. The number of alkyl halides is 1. The number of halogens is 1. The fourth-order valence-corrected chi connectivity index (χ4v) is 4.66. The number of hydrogen-bond donors (Lipinski definition) is 2. The maximum Gasteiger partial charge on any atom is 0.330 e. The van der Waals surface area contributed by atoms with Gasteiger partial charge in [-0.2, -0.15) is 0 Å². The average molecular weight is 462 g/mol. The highest BCUT2D eigenvalue weighted by molar-refractivity contribution is 14.1. The predicted octanol–water partition coefficient (Wildman–Crippen LogP) is 2.36. The fourth-order valence-electron chi connectivity index (χ4n) is 3.54. The number of rotatable bonds is 9. The van der Waals surface area contributed by atoms with Gasteiger partial charge in [0.2, 0.25) is 11.8 Å². The summed E-state index contributed by atoms with van der Waals surface area (Å²) in [5, 5.41) is 12.1. The molecule has 0 aromatic heterocycles. The highest BCUT2D eigenvalue weighted by atomic mass is 127. The first kappa shape index (κ1) is 20.2. The van der Waals surface area contributed by atoms with Crippen molar-refractivity contribution in [2.75, 3.05) is 13.6 Å². The molecule has 2 N–H and O–H groups in total.